The molecule has 1 unspecified atom stereocenters. The highest BCUT2D eigenvalue weighted by molar-refractivity contribution is 5.29. The maximum absolute atomic E-state index is 13.7. The fraction of sp³-hybridized carbons (Fsp3) is 0.600. The van der Waals surface area contributed by atoms with E-state index in [1.54, 1.807) is 12.1 Å². The summed E-state index contributed by atoms with van der Waals surface area (Å²) in [5.41, 5.74) is 6.50. The van der Waals surface area contributed by atoms with E-state index < -0.39 is 0 Å². The average molecular weight is 268 g/mol. The highest BCUT2D eigenvalue weighted by Crippen LogP contribution is 2.19. The number of nitrogens with two attached hydrogens (primary N) is 1. The lowest BCUT2D eigenvalue weighted by Gasteiger charge is -2.21. The minimum atomic E-state index is -0.289. The molecule has 19 heavy (non-hydrogen) atoms. The molecule has 0 saturated heterocycles. The fourth-order valence-corrected chi connectivity index (χ4v) is 2.20. The first kappa shape index (κ1) is 15.9. The van der Waals surface area contributed by atoms with Crippen molar-refractivity contribution in [3.05, 3.63) is 29.6 Å². The molecule has 4 heteroatoms. The van der Waals surface area contributed by atoms with Crippen LogP contribution < -0.4 is 10.5 Å². The molecule has 0 amide bonds. The van der Waals surface area contributed by atoms with Gasteiger partial charge in [0.25, 0.3) is 0 Å². The maximum atomic E-state index is 13.7. The number of nitrogens with zero attached hydrogens (tertiary/aromatic N) is 1. The minimum absolute atomic E-state index is 0.289. The smallest absolute Gasteiger partial charge is 0.165 e. The topological polar surface area (TPSA) is 38.5 Å². The summed E-state index contributed by atoms with van der Waals surface area (Å²) in [5.74, 6) is 0.593. The van der Waals surface area contributed by atoms with Crippen molar-refractivity contribution in [2.24, 2.45) is 11.7 Å². The highest BCUT2D eigenvalue weighted by Gasteiger charge is 2.09. The van der Waals surface area contributed by atoms with Gasteiger partial charge in [0.15, 0.2) is 11.6 Å². The van der Waals surface area contributed by atoms with Crippen LogP contribution in [0, 0.1) is 11.7 Å². The lowest BCUT2D eigenvalue weighted by Crippen LogP contribution is -2.25. The van der Waals surface area contributed by atoms with Crippen LogP contribution in [-0.2, 0) is 6.54 Å². The standard InChI is InChI=1S/C15H25FN2O/c1-4-19-15-6-5-13(9-14(15)16)11-18(3)10-12(2)7-8-17/h5-6,9,12H,4,7-8,10-11,17H2,1-3H3. The Balaban J connectivity index is 2.54. The molecule has 0 saturated carbocycles. The van der Waals surface area contributed by atoms with E-state index >= 15 is 0 Å². The van der Waals surface area contributed by atoms with Gasteiger partial charge in [0.1, 0.15) is 0 Å². The Morgan fingerprint density at radius 2 is 2.16 bits per heavy atom. The second kappa shape index (κ2) is 8.12. The molecule has 0 fully saturated rings. The van der Waals surface area contributed by atoms with Gasteiger partial charge in [-0.05, 0) is 50.6 Å². The van der Waals surface area contributed by atoms with Gasteiger partial charge in [-0.1, -0.05) is 13.0 Å². The molecule has 2 N–H and O–H groups in total. The number of hydrogen-bond donors (Lipinski definition) is 1. The number of benzene rings is 1. The van der Waals surface area contributed by atoms with Crippen LogP contribution in [0.5, 0.6) is 5.75 Å². The second-order valence-corrected chi connectivity index (χ2v) is 5.08. The van der Waals surface area contributed by atoms with Crippen LogP contribution >= 0.6 is 0 Å². The van der Waals surface area contributed by atoms with Crippen LogP contribution in [0.4, 0.5) is 4.39 Å². The Morgan fingerprint density at radius 3 is 2.74 bits per heavy atom. The Morgan fingerprint density at radius 1 is 1.42 bits per heavy atom. The van der Waals surface area contributed by atoms with E-state index in [0.29, 0.717) is 24.8 Å². The Bertz CT molecular complexity index is 384. The summed E-state index contributed by atoms with van der Waals surface area (Å²) in [5, 5.41) is 0. The van der Waals surface area contributed by atoms with Gasteiger partial charge in [0.2, 0.25) is 0 Å². The van der Waals surface area contributed by atoms with Crippen molar-refractivity contribution in [2.45, 2.75) is 26.8 Å². The monoisotopic (exact) mass is 268 g/mol. The highest BCUT2D eigenvalue weighted by atomic mass is 19.1. The van der Waals surface area contributed by atoms with Gasteiger partial charge < -0.3 is 15.4 Å². The lowest BCUT2D eigenvalue weighted by molar-refractivity contribution is 0.272. The molecule has 1 rings (SSSR count). The summed E-state index contributed by atoms with van der Waals surface area (Å²) in [7, 11) is 2.04. The summed E-state index contributed by atoms with van der Waals surface area (Å²) in [6, 6.07) is 5.17. The lowest BCUT2D eigenvalue weighted by atomic mass is 10.1. The normalized spacial score (nSPS) is 12.7. The first-order chi connectivity index (χ1) is 9.06. The van der Waals surface area contributed by atoms with Crippen molar-refractivity contribution in [3.8, 4) is 5.75 Å². The average Bonchev–Trinajstić information content (AvgIpc) is 2.32. The van der Waals surface area contributed by atoms with E-state index in [0.717, 1.165) is 25.1 Å². The van der Waals surface area contributed by atoms with E-state index in [2.05, 4.69) is 11.8 Å². The molecule has 1 aromatic rings. The van der Waals surface area contributed by atoms with Crippen LogP contribution in [0.2, 0.25) is 0 Å². The molecule has 1 atom stereocenters. The van der Waals surface area contributed by atoms with E-state index in [1.165, 1.54) is 0 Å². The van der Waals surface area contributed by atoms with Crippen molar-refractivity contribution < 1.29 is 9.13 Å². The van der Waals surface area contributed by atoms with Crippen LogP contribution in [-0.4, -0.2) is 31.6 Å². The van der Waals surface area contributed by atoms with Gasteiger partial charge in [0, 0.05) is 13.1 Å². The molecule has 0 aromatic heterocycles. The molecule has 0 radical (unpaired) electrons. The van der Waals surface area contributed by atoms with E-state index in [9.17, 15) is 4.39 Å². The second-order valence-electron chi connectivity index (χ2n) is 5.08. The van der Waals surface area contributed by atoms with Crippen molar-refractivity contribution in [3.63, 3.8) is 0 Å². The quantitative estimate of drug-likeness (QED) is 0.787. The van der Waals surface area contributed by atoms with Crippen LogP contribution in [0.15, 0.2) is 18.2 Å². The van der Waals surface area contributed by atoms with Crippen molar-refractivity contribution in [1.82, 2.24) is 4.90 Å². The van der Waals surface area contributed by atoms with Crippen LogP contribution in [0.3, 0.4) is 0 Å². The van der Waals surface area contributed by atoms with Gasteiger partial charge in [-0.2, -0.15) is 0 Å². The van der Waals surface area contributed by atoms with Crippen molar-refractivity contribution >= 4 is 0 Å². The first-order valence-electron chi connectivity index (χ1n) is 6.86. The zero-order chi connectivity index (χ0) is 14.3. The van der Waals surface area contributed by atoms with Crippen LogP contribution in [0.1, 0.15) is 25.8 Å². The third-order valence-electron chi connectivity index (χ3n) is 3.03. The van der Waals surface area contributed by atoms with E-state index in [4.69, 9.17) is 10.5 Å². The van der Waals surface area contributed by atoms with Crippen molar-refractivity contribution in [2.75, 3.05) is 26.7 Å². The molecule has 1 aromatic carbocycles. The number of rotatable bonds is 8. The van der Waals surface area contributed by atoms with Gasteiger partial charge in [-0.25, -0.2) is 4.39 Å². The summed E-state index contributed by atoms with van der Waals surface area (Å²) in [6.07, 6.45) is 1.02. The largest absolute Gasteiger partial charge is 0.491 e. The summed E-state index contributed by atoms with van der Waals surface area (Å²) >= 11 is 0. The molecule has 0 aliphatic rings. The molecular weight excluding hydrogens is 243 g/mol. The van der Waals surface area contributed by atoms with Gasteiger partial charge in [0.05, 0.1) is 6.61 Å². The summed E-state index contributed by atoms with van der Waals surface area (Å²) in [6.45, 7) is 6.92. The molecule has 108 valence electrons. The third-order valence-corrected chi connectivity index (χ3v) is 3.03. The number of ether oxygens (including phenoxy) is 1. The molecule has 0 aliphatic heterocycles. The van der Waals surface area contributed by atoms with Gasteiger partial charge in [-0.15, -0.1) is 0 Å². The molecule has 0 spiro atoms. The number of halogens is 1. The van der Waals surface area contributed by atoms with Gasteiger partial charge >= 0.3 is 0 Å². The molecule has 0 bridgehead atoms. The molecule has 0 heterocycles. The summed E-state index contributed by atoms with van der Waals surface area (Å²) in [4.78, 5) is 2.19. The zero-order valence-electron chi connectivity index (χ0n) is 12.2. The van der Waals surface area contributed by atoms with Crippen molar-refractivity contribution in [1.29, 1.82) is 0 Å². The first-order valence-corrected chi connectivity index (χ1v) is 6.86. The Hall–Kier alpha value is -1.13. The third kappa shape index (κ3) is 5.57. The predicted octanol–water partition coefficient (Wildman–Crippen LogP) is 2.64. The fourth-order valence-electron chi connectivity index (χ4n) is 2.20. The zero-order valence-corrected chi connectivity index (χ0v) is 12.2. The Labute approximate surface area is 115 Å². The minimum Gasteiger partial charge on any atom is -0.491 e. The molecular formula is C15H25FN2O. The summed E-state index contributed by atoms with van der Waals surface area (Å²) < 4.78 is 18.9. The van der Waals surface area contributed by atoms with E-state index in [1.807, 2.05) is 20.0 Å². The van der Waals surface area contributed by atoms with Crippen LogP contribution in [0.25, 0.3) is 0 Å². The van der Waals surface area contributed by atoms with Gasteiger partial charge in [-0.3, -0.25) is 0 Å². The SMILES string of the molecule is CCOc1ccc(CN(C)CC(C)CCN)cc1F. The van der Waals surface area contributed by atoms with E-state index in [-0.39, 0.29) is 5.82 Å². The number of hydrogen-bond acceptors (Lipinski definition) is 3. The maximum Gasteiger partial charge on any atom is 0.165 e. The molecule has 0 aliphatic carbocycles. The predicted molar refractivity (Wildman–Crippen MR) is 76.7 cm³/mol. The Kier molecular flexibility index (Phi) is 6.81. The molecule has 3 nitrogen and oxygen atoms in total.